The lowest BCUT2D eigenvalue weighted by Gasteiger charge is -2.10. The second-order valence-corrected chi connectivity index (χ2v) is 4.17. The largest absolute Gasteiger partial charge is 0.393 e. The molecule has 0 aliphatic rings. The average Bonchev–Trinajstić information content (AvgIpc) is 2.26. The molecule has 0 radical (unpaired) electrons. The Morgan fingerprint density at radius 1 is 1.62 bits per heavy atom. The van der Waals surface area contributed by atoms with Crippen LogP contribution in [0.5, 0.6) is 0 Å². The van der Waals surface area contributed by atoms with Crippen LogP contribution in [0.1, 0.15) is 23.0 Å². The maximum Gasteiger partial charge on any atom is 0.252 e. The van der Waals surface area contributed by atoms with E-state index in [2.05, 4.69) is 10.3 Å². The quantitative estimate of drug-likeness (QED) is 0.768. The summed E-state index contributed by atoms with van der Waals surface area (Å²) in [6, 6.07) is 3.54. The molecule has 0 aromatic carbocycles. The van der Waals surface area contributed by atoms with Crippen molar-refractivity contribution in [2.45, 2.75) is 13.8 Å². The standard InChI is InChI=1S/C11H15N3OS/c1-7(10(12)16)5-14-11(15)9-4-3-8(2)13-6-9/h3-4,6-7H,5H2,1-2H3,(H2,12,16)(H,14,15). The molecule has 0 bridgehead atoms. The van der Waals surface area contributed by atoms with E-state index in [4.69, 9.17) is 18.0 Å². The topological polar surface area (TPSA) is 68.0 Å². The van der Waals surface area contributed by atoms with E-state index in [1.165, 1.54) is 0 Å². The summed E-state index contributed by atoms with van der Waals surface area (Å²) in [6.45, 7) is 4.19. The van der Waals surface area contributed by atoms with Crippen LogP contribution in [-0.2, 0) is 0 Å². The smallest absolute Gasteiger partial charge is 0.252 e. The zero-order valence-corrected chi connectivity index (χ0v) is 10.2. The molecular formula is C11H15N3OS. The summed E-state index contributed by atoms with van der Waals surface area (Å²) in [7, 11) is 0. The Kier molecular flexibility index (Phi) is 4.37. The number of pyridine rings is 1. The Labute approximate surface area is 100 Å². The fraction of sp³-hybridized carbons (Fsp3) is 0.364. The van der Waals surface area contributed by atoms with Crippen LogP contribution in [-0.4, -0.2) is 22.4 Å². The summed E-state index contributed by atoms with van der Waals surface area (Å²) in [5.41, 5.74) is 6.87. The van der Waals surface area contributed by atoms with Gasteiger partial charge >= 0.3 is 0 Å². The van der Waals surface area contributed by atoms with Crippen LogP contribution in [0.25, 0.3) is 0 Å². The van der Waals surface area contributed by atoms with Crippen LogP contribution in [0.2, 0.25) is 0 Å². The monoisotopic (exact) mass is 237 g/mol. The molecule has 1 unspecified atom stereocenters. The van der Waals surface area contributed by atoms with Gasteiger partial charge in [-0.25, -0.2) is 0 Å². The predicted molar refractivity (Wildman–Crippen MR) is 67.3 cm³/mol. The summed E-state index contributed by atoms with van der Waals surface area (Å²) in [5, 5.41) is 2.75. The number of nitrogens with zero attached hydrogens (tertiary/aromatic N) is 1. The first-order chi connectivity index (χ1) is 7.50. The number of nitrogens with two attached hydrogens (primary N) is 1. The zero-order valence-electron chi connectivity index (χ0n) is 9.36. The Hall–Kier alpha value is -1.49. The lowest BCUT2D eigenvalue weighted by atomic mass is 10.1. The number of amides is 1. The van der Waals surface area contributed by atoms with Crippen molar-refractivity contribution >= 4 is 23.1 Å². The number of aromatic nitrogens is 1. The highest BCUT2D eigenvalue weighted by atomic mass is 32.1. The third-order valence-electron chi connectivity index (χ3n) is 2.23. The molecule has 1 heterocycles. The molecule has 1 aromatic heterocycles. The molecule has 0 fully saturated rings. The van der Waals surface area contributed by atoms with Crippen molar-refractivity contribution in [1.29, 1.82) is 0 Å². The number of rotatable bonds is 4. The van der Waals surface area contributed by atoms with E-state index in [1.807, 2.05) is 13.8 Å². The molecule has 0 spiro atoms. The van der Waals surface area contributed by atoms with E-state index in [1.54, 1.807) is 18.3 Å². The molecule has 0 saturated heterocycles. The third-order valence-corrected chi connectivity index (χ3v) is 2.63. The summed E-state index contributed by atoms with van der Waals surface area (Å²) >= 11 is 4.82. The van der Waals surface area contributed by atoms with Gasteiger partial charge in [-0.1, -0.05) is 19.1 Å². The van der Waals surface area contributed by atoms with Crippen LogP contribution in [0, 0.1) is 12.8 Å². The van der Waals surface area contributed by atoms with Gasteiger partial charge in [0.25, 0.3) is 5.91 Å². The maximum atomic E-state index is 11.6. The highest BCUT2D eigenvalue weighted by Gasteiger charge is 2.09. The second-order valence-electron chi connectivity index (χ2n) is 3.70. The highest BCUT2D eigenvalue weighted by Crippen LogP contribution is 2.00. The summed E-state index contributed by atoms with van der Waals surface area (Å²) in [5.74, 6) is -0.159. The van der Waals surface area contributed by atoms with Crippen LogP contribution in [0.4, 0.5) is 0 Å². The van der Waals surface area contributed by atoms with Gasteiger partial charge < -0.3 is 11.1 Å². The van der Waals surface area contributed by atoms with Gasteiger partial charge in [0.05, 0.1) is 10.6 Å². The van der Waals surface area contributed by atoms with Crippen molar-refractivity contribution in [3.05, 3.63) is 29.6 Å². The van der Waals surface area contributed by atoms with Gasteiger partial charge in [0, 0.05) is 24.4 Å². The minimum atomic E-state index is -0.157. The minimum absolute atomic E-state index is 0.00245. The van der Waals surface area contributed by atoms with Gasteiger partial charge in [-0.05, 0) is 19.1 Å². The highest BCUT2D eigenvalue weighted by molar-refractivity contribution is 7.80. The number of hydrogen-bond donors (Lipinski definition) is 2. The minimum Gasteiger partial charge on any atom is -0.393 e. The molecule has 0 aliphatic carbocycles. The predicted octanol–water partition coefficient (Wildman–Crippen LogP) is 1.04. The molecule has 0 aliphatic heterocycles. The van der Waals surface area contributed by atoms with Crippen molar-refractivity contribution in [2.75, 3.05) is 6.54 Å². The Bertz CT molecular complexity index is 389. The summed E-state index contributed by atoms with van der Waals surface area (Å²) in [4.78, 5) is 16.1. The Morgan fingerprint density at radius 3 is 2.81 bits per heavy atom. The Morgan fingerprint density at radius 2 is 2.31 bits per heavy atom. The Balaban J connectivity index is 2.53. The van der Waals surface area contributed by atoms with Gasteiger partial charge in [0.15, 0.2) is 0 Å². The van der Waals surface area contributed by atoms with Gasteiger partial charge in [-0.15, -0.1) is 0 Å². The van der Waals surface area contributed by atoms with Gasteiger partial charge in [-0.3, -0.25) is 9.78 Å². The molecule has 16 heavy (non-hydrogen) atoms. The van der Waals surface area contributed by atoms with Crippen molar-refractivity contribution in [3.63, 3.8) is 0 Å². The molecule has 86 valence electrons. The van der Waals surface area contributed by atoms with Crippen LogP contribution in [0.3, 0.4) is 0 Å². The number of aryl methyl sites for hydroxylation is 1. The van der Waals surface area contributed by atoms with E-state index in [9.17, 15) is 4.79 Å². The molecule has 0 saturated carbocycles. The fourth-order valence-corrected chi connectivity index (χ4v) is 1.13. The fourth-order valence-electron chi connectivity index (χ4n) is 1.05. The normalized spacial score (nSPS) is 11.9. The van der Waals surface area contributed by atoms with Crippen LogP contribution >= 0.6 is 12.2 Å². The molecule has 5 heteroatoms. The second kappa shape index (κ2) is 5.55. The summed E-state index contributed by atoms with van der Waals surface area (Å²) in [6.07, 6.45) is 1.55. The van der Waals surface area contributed by atoms with Crippen molar-refractivity contribution in [2.24, 2.45) is 11.7 Å². The van der Waals surface area contributed by atoms with E-state index < -0.39 is 0 Å². The van der Waals surface area contributed by atoms with E-state index >= 15 is 0 Å². The average molecular weight is 237 g/mol. The molecule has 1 rings (SSSR count). The zero-order chi connectivity index (χ0) is 12.1. The van der Waals surface area contributed by atoms with E-state index in [-0.39, 0.29) is 11.8 Å². The van der Waals surface area contributed by atoms with Gasteiger partial charge in [0.2, 0.25) is 0 Å². The number of carbonyl (C=O) groups is 1. The van der Waals surface area contributed by atoms with Crippen molar-refractivity contribution in [1.82, 2.24) is 10.3 Å². The molecule has 3 N–H and O–H groups in total. The van der Waals surface area contributed by atoms with Gasteiger partial charge in [-0.2, -0.15) is 0 Å². The number of nitrogens with one attached hydrogen (secondary N) is 1. The number of hydrogen-bond acceptors (Lipinski definition) is 3. The molecule has 4 nitrogen and oxygen atoms in total. The SMILES string of the molecule is Cc1ccc(C(=O)NCC(C)C(N)=S)cn1. The lowest BCUT2D eigenvalue weighted by Crippen LogP contribution is -2.33. The first-order valence-electron chi connectivity index (χ1n) is 5.01. The van der Waals surface area contributed by atoms with E-state index in [0.717, 1.165) is 5.69 Å². The maximum absolute atomic E-state index is 11.6. The summed E-state index contributed by atoms with van der Waals surface area (Å²) < 4.78 is 0. The number of thiocarbonyl (C=S) groups is 1. The van der Waals surface area contributed by atoms with E-state index in [0.29, 0.717) is 17.1 Å². The molecule has 1 atom stereocenters. The first kappa shape index (κ1) is 12.6. The van der Waals surface area contributed by atoms with Crippen molar-refractivity contribution in [3.8, 4) is 0 Å². The molecule has 1 amide bonds. The van der Waals surface area contributed by atoms with Crippen LogP contribution < -0.4 is 11.1 Å². The molecule has 1 aromatic rings. The van der Waals surface area contributed by atoms with Crippen LogP contribution in [0.15, 0.2) is 18.3 Å². The molecular weight excluding hydrogens is 222 g/mol. The van der Waals surface area contributed by atoms with Gasteiger partial charge in [0.1, 0.15) is 0 Å². The number of carbonyl (C=O) groups excluding carboxylic acids is 1. The lowest BCUT2D eigenvalue weighted by molar-refractivity contribution is 0.0951. The first-order valence-corrected chi connectivity index (χ1v) is 5.41. The third kappa shape index (κ3) is 3.58. The van der Waals surface area contributed by atoms with Crippen molar-refractivity contribution < 1.29 is 4.79 Å².